The first-order chi connectivity index (χ1) is 14.5. The number of carboxylic acid groups (broad SMARTS) is 1. The quantitative estimate of drug-likeness (QED) is 0.692. The number of nitrogens with zero attached hydrogens (tertiary/aromatic N) is 4. The van der Waals surface area contributed by atoms with Crippen molar-refractivity contribution in [1.82, 2.24) is 19.9 Å². The topological polar surface area (TPSA) is 88.4 Å². The minimum absolute atomic E-state index is 0.0862. The third kappa shape index (κ3) is 5.36. The molecule has 0 spiro atoms. The zero-order valence-corrected chi connectivity index (χ0v) is 16.4. The van der Waals surface area contributed by atoms with E-state index in [1.54, 1.807) is 6.92 Å². The Morgan fingerprint density at radius 2 is 1.87 bits per heavy atom. The normalized spacial score (nSPS) is 15.7. The van der Waals surface area contributed by atoms with Gasteiger partial charge in [-0.3, -0.25) is 0 Å². The number of rotatable bonds is 5. The van der Waals surface area contributed by atoms with E-state index in [-0.39, 0.29) is 24.6 Å². The van der Waals surface area contributed by atoms with Gasteiger partial charge in [-0.05, 0) is 25.8 Å². The second-order valence-corrected chi connectivity index (χ2v) is 7.11. The van der Waals surface area contributed by atoms with Gasteiger partial charge < -0.3 is 14.7 Å². The van der Waals surface area contributed by atoms with Gasteiger partial charge in [0.1, 0.15) is 11.5 Å². The third-order valence-corrected chi connectivity index (χ3v) is 4.90. The summed E-state index contributed by atoms with van der Waals surface area (Å²) in [7, 11) is 0. The molecule has 0 bridgehead atoms. The van der Waals surface area contributed by atoms with Crippen LogP contribution >= 0.6 is 0 Å². The molecule has 0 saturated carbocycles. The molecule has 3 rings (SSSR count). The summed E-state index contributed by atoms with van der Waals surface area (Å²) in [5.74, 6) is -4.33. The standard InChI is InChI=1S/C19H19F5N4O3/c1-11-25-9-13(16(26-11)12-5-7-28(8-6-12)17(29)30)18(20,21)10-31-15-4-2-3-14(27-15)19(22,23)24/h2-4,9,12H,5-8,10H2,1H3,(H,29,30). The molecule has 1 aliphatic heterocycles. The number of amides is 1. The number of pyridine rings is 1. The molecule has 2 aromatic heterocycles. The molecule has 0 unspecified atom stereocenters. The molecule has 1 aliphatic rings. The zero-order valence-electron chi connectivity index (χ0n) is 16.4. The number of halogens is 5. The number of hydrogen-bond acceptors (Lipinski definition) is 5. The van der Waals surface area contributed by atoms with Gasteiger partial charge in [-0.25, -0.2) is 19.7 Å². The van der Waals surface area contributed by atoms with Gasteiger partial charge in [-0.2, -0.15) is 22.0 Å². The average Bonchev–Trinajstić information content (AvgIpc) is 2.72. The van der Waals surface area contributed by atoms with E-state index in [2.05, 4.69) is 15.0 Å². The highest BCUT2D eigenvalue weighted by Crippen LogP contribution is 2.37. The minimum atomic E-state index is -4.73. The van der Waals surface area contributed by atoms with Crippen molar-refractivity contribution >= 4 is 6.09 Å². The second-order valence-electron chi connectivity index (χ2n) is 7.11. The monoisotopic (exact) mass is 446 g/mol. The van der Waals surface area contributed by atoms with Crippen molar-refractivity contribution in [2.24, 2.45) is 0 Å². The molecule has 168 valence electrons. The van der Waals surface area contributed by atoms with E-state index in [0.717, 1.165) is 18.3 Å². The molecule has 3 heterocycles. The van der Waals surface area contributed by atoms with Crippen LogP contribution in [-0.4, -0.2) is 50.7 Å². The Labute approximate surface area is 173 Å². The Morgan fingerprint density at radius 3 is 2.48 bits per heavy atom. The summed E-state index contributed by atoms with van der Waals surface area (Å²) in [4.78, 5) is 23.5. The zero-order chi connectivity index (χ0) is 22.8. The summed E-state index contributed by atoms with van der Waals surface area (Å²) < 4.78 is 73.1. The number of hydrogen-bond donors (Lipinski definition) is 1. The molecule has 2 aromatic rings. The van der Waals surface area contributed by atoms with Gasteiger partial charge in [-0.1, -0.05) is 6.07 Å². The fraction of sp³-hybridized carbons (Fsp3) is 0.474. The number of ether oxygens (including phenoxy) is 1. The van der Waals surface area contributed by atoms with Gasteiger partial charge in [0.25, 0.3) is 0 Å². The SMILES string of the molecule is Cc1ncc(C(F)(F)COc2cccc(C(F)(F)F)n2)c(C2CCN(C(=O)O)CC2)n1. The van der Waals surface area contributed by atoms with Crippen LogP contribution in [0.2, 0.25) is 0 Å². The van der Waals surface area contributed by atoms with Crippen molar-refractivity contribution in [1.29, 1.82) is 0 Å². The number of likely N-dealkylation sites (tertiary alicyclic amines) is 1. The molecule has 1 fully saturated rings. The molecule has 0 radical (unpaired) electrons. The lowest BCUT2D eigenvalue weighted by atomic mass is 9.89. The maximum atomic E-state index is 15.0. The maximum Gasteiger partial charge on any atom is 0.433 e. The van der Waals surface area contributed by atoms with Gasteiger partial charge in [0.05, 0.1) is 11.3 Å². The molecule has 0 aliphatic carbocycles. The summed E-state index contributed by atoms with van der Waals surface area (Å²) in [6, 6.07) is 2.78. The molecule has 7 nitrogen and oxygen atoms in total. The highest BCUT2D eigenvalue weighted by atomic mass is 19.4. The molecular weight excluding hydrogens is 427 g/mol. The van der Waals surface area contributed by atoms with Gasteiger partial charge >= 0.3 is 18.2 Å². The van der Waals surface area contributed by atoms with Gasteiger partial charge in [0.2, 0.25) is 5.88 Å². The number of carbonyl (C=O) groups is 1. The molecule has 0 atom stereocenters. The molecular formula is C19H19F5N4O3. The predicted octanol–water partition coefficient (Wildman–Crippen LogP) is 4.23. The summed E-state index contributed by atoms with van der Waals surface area (Å²) in [6.07, 6.45) is -4.22. The van der Waals surface area contributed by atoms with E-state index in [9.17, 15) is 26.7 Å². The van der Waals surface area contributed by atoms with E-state index >= 15 is 0 Å². The van der Waals surface area contributed by atoms with Crippen LogP contribution in [0.15, 0.2) is 24.4 Å². The van der Waals surface area contributed by atoms with Crippen molar-refractivity contribution in [3.8, 4) is 5.88 Å². The number of aromatic nitrogens is 3. The van der Waals surface area contributed by atoms with E-state index < -0.39 is 47.9 Å². The van der Waals surface area contributed by atoms with Crippen LogP contribution in [0.5, 0.6) is 5.88 Å². The second kappa shape index (κ2) is 8.60. The van der Waals surface area contributed by atoms with Gasteiger partial charge in [0, 0.05) is 31.3 Å². The Morgan fingerprint density at radius 1 is 1.19 bits per heavy atom. The van der Waals surface area contributed by atoms with Crippen LogP contribution in [0.1, 0.15) is 41.5 Å². The van der Waals surface area contributed by atoms with Crippen molar-refractivity contribution in [3.63, 3.8) is 0 Å². The van der Waals surface area contributed by atoms with Gasteiger partial charge in [0.15, 0.2) is 6.61 Å². The van der Waals surface area contributed by atoms with Crippen LogP contribution < -0.4 is 4.74 Å². The maximum absolute atomic E-state index is 15.0. The summed E-state index contributed by atoms with van der Waals surface area (Å²) in [5.41, 5.74) is -1.67. The summed E-state index contributed by atoms with van der Waals surface area (Å²) in [6.45, 7) is 0.646. The van der Waals surface area contributed by atoms with Gasteiger partial charge in [-0.15, -0.1) is 0 Å². The summed E-state index contributed by atoms with van der Waals surface area (Å²) >= 11 is 0. The van der Waals surface area contributed by atoms with E-state index in [1.165, 1.54) is 4.90 Å². The highest BCUT2D eigenvalue weighted by Gasteiger charge is 2.39. The Hall–Kier alpha value is -3.05. The largest absolute Gasteiger partial charge is 0.471 e. The first kappa shape index (κ1) is 22.6. The third-order valence-electron chi connectivity index (χ3n) is 4.90. The first-order valence-corrected chi connectivity index (χ1v) is 9.34. The highest BCUT2D eigenvalue weighted by molar-refractivity contribution is 5.65. The number of alkyl halides is 5. The molecule has 1 saturated heterocycles. The molecule has 1 amide bonds. The van der Waals surface area contributed by atoms with Crippen molar-refractivity contribution in [3.05, 3.63) is 47.2 Å². The summed E-state index contributed by atoms with van der Waals surface area (Å²) in [5, 5.41) is 9.06. The van der Waals surface area contributed by atoms with Crippen LogP contribution in [0.25, 0.3) is 0 Å². The molecule has 31 heavy (non-hydrogen) atoms. The van der Waals surface area contributed by atoms with Crippen LogP contribution in [0.3, 0.4) is 0 Å². The van der Waals surface area contributed by atoms with Crippen LogP contribution in [-0.2, 0) is 12.1 Å². The lowest BCUT2D eigenvalue weighted by molar-refractivity contribution is -0.141. The lowest BCUT2D eigenvalue weighted by Gasteiger charge is -2.31. The minimum Gasteiger partial charge on any atom is -0.471 e. The fourth-order valence-corrected chi connectivity index (χ4v) is 3.32. The first-order valence-electron chi connectivity index (χ1n) is 9.34. The average molecular weight is 446 g/mol. The van der Waals surface area contributed by atoms with Crippen LogP contribution in [0.4, 0.5) is 26.7 Å². The Bertz CT molecular complexity index is 946. The molecule has 12 heteroatoms. The Balaban J connectivity index is 1.79. The molecule has 0 aromatic carbocycles. The Kier molecular flexibility index (Phi) is 6.27. The molecule has 1 N–H and O–H groups in total. The lowest BCUT2D eigenvalue weighted by Crippen LogP contribution is -2.37. The van der Waals surface area contributed by atoms with Crippen LogP contribution in [0, 0.1) is 6.92 Å². The van der Waals surface area contributed by atoms with Crippen molar-refractivity contribution in [2.75, 3.05) is 19.7 Å². The van der Waals surface area contributed by atoms with E-state index in [0.29, 0.717) is 18.9 Å². The van der Waals surface area contributed by atoms with E-state index in [4.69, 9.17) is 9.84 Å². The van der Waals surface area contributed by atoms with Crippen molar-refractivity contribution < 1.29 is 36.6 Å². The number of aryl methyl sites for hydroxylation is 1. The predicted molar refractivity (Wildman–Crippen MR) is 97.0 cm³/mol. The number of piperidine rings is 1. The fourth-order valence-electron chi connectivity index (χ4n) is 3.32. The van der Waals surface area contributed by atoms with E-state index in [1.807, 2.05) is 0 Å². The smallest absolute Gasteiger partial charge is 0.433 e. The van der Waals surface area contributed by atoms with Crippen molar-refractivity contribution in [2.45, 2.75) is 37.8 Å².